The molecule has 8 heteroatoms. The maximum absolute atomic E-state index is 13.0. The molecule has 0 bridgehead atoms. The molecule has 1 spiro atoms. The molecule has 7 nitrogen and oxygen atoms in total. The van der Waals surface area contributed by atoms with E-state index in [-0.39, 0.29) is 18.1 Å². The first kappa shape index (κ1) is 33.4. The summed E-state index contributed by atoms with van der Waals surface area (Å²) in [5.41, 5.74) is 6.20. The summed E-state index contributed by atoms with van der Waals surface area (Å²) < 4.78 is 6.58. The molecule has 3 aliphatic carbocycles. The highest BCUT2D eigenvalue weighted by Gasteiger charge is 2.54. The SMILES string of the molecule is C[C@@H](COc1ccnc2c1[C@H](C)CCC2)C[C@H]1Cc2ccc(CN3CC[C@@H]3CO)cc2C12CCC(Nc1cccc(Cl)c1)(C(=O)O)CC2. The Balaban J connectivity index is 1.13. The quantitative estimate of drug-likeness (QED) is 0.192. The van der Waals surface area contributed by atoms with Crippen LogP contribution in [0.15, 0.2) is 54.7 Å². The van der Waals surface area contributed by atoms with Gasteiger partial charge in [-0.3, -0.25) is 9.88 Å². The number of ether oxygens (including phenoxy) is 1. The number of anilines is 1. The number of aliphatic hydroxyl groups is 1. The van der Waals surface area contributed by atoms with Gasteiger partial charge in [0.1, 0.15) is 11.3 Å². The van der Waals surface area contributed by atoms with Crippen molar-refractivity contribution in [1.29, 1.82) is 0 Å². The Bertz CT molecular complexity index is 1630. The highest BCUT2D eigenvalue weighted by molar-refractivity contribution is 6.30. The molecule has 4 atom stereocenters. The Morgan fingerprint density at radius 3 is 2.71 bits per heavy atom. The fraction of sp³-hybridized carbons (Fsp3) is 0.550. The molecule has 2 aromatic carbocycles. The number of fused-ring (bicyclic) bond motifs is 3. The number of likely N-dealkylation sites (tertiary alicyclic amines) is 1. The van der Waals surface area contributed by atoms with Crippen molar-refractivity contribution >= 4 is 23.3 Å². The van der Waals surface area contributed by atoms with Crippen molar-refractivity contribution in [2.24, 2.45) is 11.8 Å². The van der Waals surface area contributed by atoms with Gasteiger partial charge in [0.25, 0.3) is 0 Å². The van der Waals surface area contributed by atoms with Crippen molar-refractivity contribution in [3.8, 4) is 5.75 Å². The van der Waals surface area contributed by atoms with E-state index in [0.717, 1.165) is 63.1 Å². The van der Waals surface area contributed by atoms with Crippen LogP contribution in [0.1, 0.15) is 99.1 Å². The van der Waals surface area contributed by atoms with Crippen molar-refractivity contribution in [2.45, 2.75) is 108 Å². The number of hydrogen-bond donors (Lipinski definition) is 3. The second-order valence-electron chi connectivity index (χ2n) is 15.3. The van der Waals surface area contributed by atoms with Gasteiger partial charge in [0, 0.05) is 47.3 Å². The van der Waals surface area contributed by atoms with Gasteiger partial charge in [0.2, 0.25) is 0 Å². The number of carboxylic acids is 1. The summed E-state index contributed by atoms with van der Waals surface area (Å²) in [6.07, 6.45) is 11.1. The van der Waals surface area contributed by atoms with Crippen LogP contribution < -0.4 is 10.1 Å². The van der Waals surface area contributed by atoms with Crippen LogP contribution in [0.5, 0.6) is 5.75 Å². The first-order valence-electron chi connectivity index (χ1n) is 18.0. The monoisotopic (exact) mass is 671 g/mol. The zero-order valence-corrected chi connectivity index (χ0v) is 29.1. The molecule has 0 unspecified atom stereocenters. The van der Waals surface area contributed by atoms with E-state index in [1.54, 1.807) is 0 Å². The normalized spacial score (nSPS) is 28.7. The zero-order valence-electron chi connectivity index (χ0n) is 28.4. The average molecular weight is 672 g/mol. The molecule has 7 rings (SSSR count). The van der Waals surface area contributed by atoms with Gasteiger partial charge in [-0.1, -0.05) is 49.7 Å². The van der Waals surface area contributed by atoms with E-state index in [1.165, 1.54) is 40.8 Å². The van der Waals surface area contributed by atoms with Crippen LogP contribution in [0.3, 0.4) is 0 Å². The number of rotatable bonds is 11. The molecule has 3 aromatic rings. The fourth-order valence-corrected chi connectivity index (χ4v) is 9.58. The number of aliphatic hydroxyl groups excluding tert-OH is 1. The van der Waals surface area contributed by atoms with Crippen LogP contribution in [-0.2, 0) is 29.6 Å². The van der Waals surface area contributed by atoms with E-state index in [4.69, 9.17) is 16.3 Å². The van der Waals surface area contributed by atoms with E-state index in [2.05, 4.69) is 47.2 Å². The molecule has 256 valence electrons. The van der Waals surface area contributed by atoms with E-state index in [9.17, 15) is 15.0 Å². The number of aryl methyl sites for hydroxylation is 1. The van der Waals surface area contributed by atoms with E-state index in [1.807, 2.05) is 36.5 Å². The third-order valence-electron chi connectivity index (χ3n) is 12.2. The fourth-order valence-electron chi connectivity index (χ4n) is 9.39. The molecule has 1 saturated carbocycles. The number of benzene rings is 2. The molecule has 48 heavy (non-hydrogen) atoms. The van der Waals surface area contributed by atoms with Gasteiger partial charge >= 0.3 is 5.97 Å². The predicted molar refractivity (Wildman–Crippen MR) is 190 cm³/mol. The van der Waals surface area contributed by atoms with Crippen LogP contribution in [0, 0.1) is 11.8 Å². The smallest absolute Gasteiger partial charge is 0.329 e. The Morgan fingerprint density at radius 2 is 1.98 bits per heavy atom. The summed E-state index contributed by atoms with van der Waals surface area (Å²) in [5.74, 6) is 1.40. The van der Waals surface area contributed by atoms with Gasteiger partial charge in [-0.15, -0.1) is 0 Å². The maximum atomic E-state index is 13.0. The second-order valence-corrected chi connectivity index (χ2v) is 15.7. The average Bonchev–Trinajstić information content (AvgIpc) is 3.34. The zero-order chi connectivity index (χ0) is 33.5. The van der Waals surface area contributed by atoms with Crippen molar-refractivity contribution in [1.82, 2.24) is 9.88 Å². The molecule has 4 aliphatic rings. The van der Waals surface area contributed by atoms with E-state index >= 15 is 0 Å². The number of hydrogen-bond acceptors (Lipinski definition) is 6. The van der Waals surface area contributed by atoms with Crippen molar-refractivity contribution in [3.63, 3.8) is 0 Å². The molecule has 2 heterocycles. The van der Waals surface area contributed by atoms with Crippen LogP contribution in [-0.4, -0.2) is 57.4 Å². The Labute approximate surface area is 290 Å². The predicted octanol–water partition coefficient (Wildman–Crippen LogP) is 7.77. The molecular formula is C40H50ClN3O4. The first-order chi connectivity index (χ1) is 23.2. The van der Waals surface area contributed by atoms with Gasteiger partial charge in [-0.2, -0.15) is 0 Å². The first-order valence-corrected chi connectivity index (χ1v) is 18.4. The minimum atomic E-state index is -1.04. The Kier molecular flexibility index (Phi) is 9.49. The van der Waals surface area contributed by atoms with Crippen LogP contribution >= 0.6 is 11.6 Å². The highest BCUT2D eigenvalue weighted by Crippen LogP contribution is 2.56. The Morgan fingerprint density at radius 1 is 1.15 bits per heavy atom. The van der Waals surface area contributed by atoms with Crippen LogP contribution in [0.4, 0.5) is 5.69 Å². The third kappa shape index (κ3) is 6.34. The second kappa shape index (κ2) is 13.6. The lowest BCUT2D eigenvalue weighted by Crippen LogP contribution is -2.53. The lowest BCUT2D eigenvalue weighted by molar-refractivity contribution is -0.144. The molecule has 0 radical (unpaired) electrons. The van der Waals surface area contributed by atoms with Crippen LogP contribution in [0.25, 0.3) is 0 Å². The summed E-state index contributed by atoms with van der Waals surface area (Å²) in [7, 11) is 0. The van der Waals surface area contributed by atoms with Gasteiger partial charge in [-0.25, -0.2) is 4.79 Å². The van der Waals surface area contributed by atoms with Gasteiger partial charge < -0.3 is 20.3 Å². The molecule has 3 N–H and O–H groups in total. The summed E-state index contributed by atoms with van der Waals surface area (Å²) in [5, 5.41) is 24.4. The van der Waals surface area contributed by atoms with Gasteiger partial charge in [0.05, 0.1) is 13.2 Å². The van der Waals surface area contributed by atoms with E-state index < -0.39 is 11.5 Å². The maximum Gasteiger partial charge on any atom is 0.329 e. The number of aliphatic carboxylic acids is 1. The lowest BCUT2D eigenvalue weighted by Gasteiger charge is -2.47. The molecule has 2 fully saturated rings. The summed E-state index contributed by atoms with van der Waals surface area (Å²) in [4.78, 5) is 20.0. The molecular weight excluding hydrogens is 622 g/mol. The summed E-state index contributed by atoms with van der Waals surface area (Å²) >= 11 is 6.28. The topological polar surface area (TPSA) is 94.9 Å². The number of carbonyl (C=O) groups is 1. The van der Waals surface area contributed by atoms with Gasteiger partial charge in [0.15, 0.2) is 0 Å². The molecule has 1 aliphatic heterocycles. The van der Waals surface area contributed by atoms with Crippen molar-refractivity contribution < 1.29 is 19.7 Å². The third-order valence-corrected chi connectivity index (χ3v) is 12.5. The largest absolute Gasteiger partial charge is 0.493 e. The number of nitrogens with zero attached hydrogens (tertiary/aromatic N) is 2. The lowest BCUT2D eigenvalue weighted by atomic mass is 9.59. The standard InChI is InChI=1S/C40H50ClN3O4/c1-26(25-48-36-11-17-42-35-8-3-5-27(2)37(35)36)19-30-21-29-10-9-28(23-44-18-12-33(44)24-45)20-34(29)39(30)13-15-40(16-14-39,38(46)47)43-32-7-4-6-31(41)22-32/h4,6-7,9-11,17,20,22,26-27,30,33,43,45H,3,5,8,12-16,18-19,21,23-25H2,1-2H3,(H,46,47)/t26-,27-,30+,33-,39?,40?/m1/s1. The van der Waals surface area contributed by atoms with Crippen molar-refractivity contribution in [3.05, 3.63) is 87.7 Å². The number of carboxylic acid groups (broad SMARTS) is 1. The number of aromatic nitrogens is 1. The highest BCUT2D eigenvalue weighted by atomic mass is 35.5. The number of halogens is 1. The Hall–Kier alpha value is -3.13. The van der Waals surface area contributed by atoms with Crippen LogP contribution in [0.2, 0.25) is 5.02 Å². The summed E-state index contributed by atoms with van der Waals surface area (Å²) in [6.45, 7) is 7.32. The summed E-state index contributed by atoms with van der Waals surface area (Å²) in [6, 6.07) is 16.7. The number of nitrogens with one attached hydrogen (secondary N) is 1. The van der Waals surface area contributed by atoms with E-state index in [0.29, 0.717) is 42.2 Å². The number of pyridine rings is 1. The molecule has 1 aromatic heterocycles. The molecule has 1 saturated heterocycles. The molecule has 0 amide bonds. The minimum Gasteiger partial charge on any atom is -0.493 e. The minimum absolute atomic E-state index is 0.0930. The van der Waals surface area contributed by atoms with Gasteiger partial charge in [-0.05, 0) is 128 Å². The van der Waals surface area contributed by atoms with Crippen molar-refractivity contribution in [2.75, 3.05) is 25.1 Å².